The second kappa shape index (κ2) is 4.48. The molecule has 0 heterocycles. The number of rotatable bonds is 1. The van der Waals surface area contributed by atoms with Crippen LogP contribution in [0.1, 0.15) is 6.92 Å². The van der Waals surface area contributed by atoms with Crippen LogP contribution in [0.2, 0.25) is 0 Å². The molecule has 0 aliphatic rings. The van der Waals surface area contributed by atoms with Crippen molar-refractivity contribution in [3.63, 3.8) is 0 Å². The van der Waals surface area contributed by atoms with Crippen molar-refractivity contribution in [3.8, 4) is 0 Å². The molecule has 0 radical (unpaired) electrons. The van der Waals surface area contributed by atoms with E-state index in [9.17, 15) is 0 Å². The minimum absolute atomic E-state index is 0.875. The average Bonchev–Trinajstić information content (AvgIpc) is 1.84. The molecule has 0 aliphatic carbocycles. The first-order valence-corrected chi connectivity index (χ1v) is 4.18. The summed E-state index contributed by atoms with van der Waals surface area (Å²) in [7, 11) is 0. The summed E-state index contributed by atoms with van der Waals surface area (Å²) in [6.07, 6.45) is 1.95. The Balaban J connectivity index is 4.04. The van der Waals surface area contributed by atoms with Gasteiger partial charge in [-0.3, -0.25) is 0 Å². The Morgan fingerprint density at radius 3 is 2.38 bits per heavy atom. The van der Waals surface area contributed by atoms with Gasteiger partial charge in [-0.1, -0.05) is 0 Å². The molecule has 0 fully saturated rings. The molecule has 0 unspecified atom stereocenters. The Labute approximate surface area is 67.1 Å². The van der Waals surface area contributed by atoms with Gasteiger partial charge in [-0.2, -0.15) is 0 Å². The monoisotopic (exact) mass is 186 g/mol. The third-order valence-electron chi connectivity index (χ3n) is 0.624. The molecule has 0 nitrogen and oxygen atoms in total. The zero-order valence-electron chi connectivity index (χ0n) is 4.67. The quantitative estimate of drug-likeness (QED) is 0.346. The van der Waals surface area contributed by atoms with Crippen molar-refractivity contribution in [1.82, 2.24) is 0 Å². The van der Waals surface area contributed by atoms with Crippen LogP contribution in [0.25, 0.3) is 0 Å². The van der Waals surface area contributed by atoms with Crippen LogP contribution in [0.3, 0.4) is 0 Å². The Morgan fingerprint density at radius 1 is 1.75 bits per heavy atom. The fourth-order valence-electron chi connectivity index (χ4n) is 0.189. The Hall–Kier alpha value is 0.609. The van der Waals surface area contributed by atoms with E-state index in [1.54, 1.807) is 11.8 Å². The fourth-order valence-corrected chi connectivity index (χ4v) is 0.906. The normalized spacial score (nSPS) is 7.75. The van der Waals surface area contributed by atoms with E-state index < -0.39 is 0 Å². The molecule has 0 rings (SSSR count). The summed E-state index contributed by atoms with van der Waals surface area (Å²) < 4.78 is 3.60. The van der Waals surface area contributed by atoms with Crippen LogP contribution in [0.4, 0.5) is 0 Å². The molecule has 0 spiro atoms. The standard InChI is InChI=1S/C5H6S2.Fe/c1-4(2)5(6)7-3;/h1,3H3;/q;+1. The molecule has 45 valence electrons. The summed E-state index contributed by atoms with van der Waals surface area (Å²) in [4.78, 5) is 0. The molecule has 0 aromatic carbocycles. The van der Waals surface area contributed by atoms with Crippen molar-refractivity contribution in [2.24, 2.45) is 0 Å². The summed E-state index contributed by atoms with van der Waals surface area (Å²) in [6.45, 7) is 1.91. The second-order valence-electron chi connectivity index (χ2n) is 1.20. The maximum atomic E-state index is 4.90. The van der Waals surface area contributed by atoms with Crippen molar-refractivity contribution < 1.29 is 15.6 Å². The SMILES string of the molecule is CSC(=S)C(C)=[C]=[Fe+]. The van der Waals surface area contributed by atoms with Crippen LogP contribution in [0, 0.1) is 0 Å². The van der Waals surface area contributed by atoms with Crippen LogP contribution in [-0.4, -0.2) is 15.0 Å². The average molecular weight is 186 g/mol. The van der Waals surface area contributed by atoms with Crippen LogP contribution < -0.4 is 0 Å². The van der Waals surface area contributed by atoms with Crippen LogP contribution >= 0.6 is 24.0 Å². The Morgan fingerprint density at radius 2 is 2.25 bits per heavy atom. The number of thiocarbonyl (C=S) groups is 1. The molecule has 8 heavy (non-hydrogen) atoms. The van der Waals surface area contributed by atoms with E-state index >= 15 is 0 Å². The number of thioether (sulfide) groups is 1. The van der Waals surface area contributed by atoms with Crippen molar-refractivity contribution in [2.75, 3.05) is 6.26 Å². The summed E-state index contributed by atoms with van der Waals surface area (Å²) >= 11 is 9.92. The van der Waals surface area contributed by atoms with E-state index in [1.807, 2.05) is 13.2 Å². The predicted molar refractivity (Wildman–Crippen MR) is 40.3 cm³/mol. The fraction of sp³-hybridized carbons (Fsp3) is 0.400. The molecule has 0 bridgehead atoms. The van der Waals surface area contributed by atoms with E-state index in [-0.39, 0.29) is 0 Å². The number of hydrogen-bond acceptors (Lipinski definition) is 2. The zero-order chi connectivity index (χ0) is 6.57. The van der Waals surface area contributed by atoms with Gasteiger partial charge in [-0.15, -0.1) is 0 Å². The maximum absolute atomic E-state index is 4.90. The van der Waals surface area contributed by atoms with Gasteiger partial charge >= 0.3 is 67.1 Å². The van der Waals surface area contributed by atoms with Gasteiger partial charge < -0.3 is 0 Å². The van der Waals surface area contributed by atoms with Gasteiger partial charge in [0, 0.05) is 0 Å². The molecule has 0 aliphatic heterocycles. The molecule has 0 saturated carbocycles. The van der Waals surface area contributed by atoms with Gasteiger partial charge in [0.15, 0.2) is 0 Å². The van der Waals surface area contributed by atoms with Gasteiger partial charge in [-0.25, -0.2) is 0 Å². The molecule has 0 atom stereocenters. The predicted octanol–water partition coefficient (Wildman–Crippen LogP) is 1.57. The van der Waals surface area contributed by atoms with Gasteiger partial charge in [0.2, 0.25) is 0 Å². The van der Waals surface area contributed by atoms with Gasteiger partial charge in [-0.05, 0) is 0 Å². The first-order chi connectivity index (χ1) is 3.72. The summed E-state index contributed by atoms with van der Waals surface area (Å²) in [5.74, 6) is 0. The van der Waals surface area contributed by atoms with E-state index in [0.29, 0.717) is 0 Å². The van der Waals surface area contributed by atoms with Crippen LogP contribution in [0.5, 0.6) is 0 Å². The third kappa shape index (κ3) is 2.81. The molecule has 0 aromatic heterocycles. The molecular formula is C5H6FeS2+. The van der Waals surface area contributed by atoms with E-state index in [0.717, 1.165) is 9.77 Å². The van der Waals surface area contributed by atoms with Crippen molar-refractivity contribution in [3.05, 3.63) is 5.57 Å². The molecular weight excluding hydrogens is 180 g/mol. The van der Waals surface area contributed by atoms with Gasteiger partial charge in [0.05, 0.1) is 0 Å². The van der Waals surface area contributed by atoms with Gasteiger partial charge in [0.1, 0.15) is 0 Å². The molecule has 0 aromatic rings. The van der Waals surface area contributed by atoms with E-state index in [4.69, 9.17) is 12.2 Å². The molecule has 0 saturated heterocycles. The summed E-state index contributed by atoms with van der Waals surface area (Å²) in [5, 5.41) is 0. The Bertz CT molecular complexity index is 145. The van der Waals surface area contributed by atoms with Crippen molar-refractivity contribution >= 4 is 32.8 Å². The Kier molecular flexibility index (Phi) is 4.83. The topological polar surface area (TPSA) is 0 Å². The summed E-state index contributed by atoms with van der Waals surface area (Å²) in [5.41, 5.74) is 0.965. The van der Waals surface area contributed by atoms with E-state index in [1.165, 1.54) is 0 Å². The third-order valence-corrected chi connectivity index (χ3v) is 2.52. The van der Waals surface area contributed by atoms with Crippen LogP contribution in [0.15, 0.2) is 5.57 Å². The van der Waals surface area contributed by atoms with E-state index in [2.05, 4.69) is 20.2 Å². The number of hydrogen-bond donors (Lipinski definition) is 0. The first-order valence-electron chi connectivity index (χ1n) is 1.99. The van der Waals surface area contributed by atoms with Crippen molar-refractivity contribution in [1.29, 1.82) is 0 Å². The van der Waals surface area contributed by atoms with Crippen molar-refractivity contribution in [2.45, 2.75) is 6.92 Å². The first kappa shape index (κ1) is 8.61. The zero-order valence-corrected chi connectivity index (χ0v) is 7.41. The second-order valence-corrected chi connectivity index (χ2v) is 2.96. The molecule has 0 N–H and O–H groups in total. The summed E-state index contributed by atoms with van der Waals surface area (Å²) in [6, 6.07) is 0. The van der Waals surface area contributed by atoms with Crippen LogP contribution in [-0.2, 0) is 15.6 Å². The minimum atomic E-state index is 0.875. The molecule has 3 heteroatoms. The molecule has 0 amide bonds. The van der Waals surface area contributed by atoms with Gasteiger partial charge in [0.25, 0.3) is 0 Å².